The zero-order valence-corrected chi connectivity index (χ0v) is 14.6. The molecule has 0 spiro atoms. The number of hydrogen-bond acceptors (Lipinski definition) is 4. The van der Waals surface area contributed by atoms with Crippen molar-refractivity contribution < 1.29 is 19.1 Å². The van der Waals surface area contributed by atoms with E-state index in [1.807, 2.05) is 13.8 Å². The van der Waals surface area contributed by atoms with E-state index in [1.54, 1.807) is 31.2 Å². The number of nitrogens with one attached hydrogen (secondary N) is 1. The third-order valence-electron chi connectivity index (χ3n) is 3.14. The number of benzene rings is 1. The van der Waals surface area contributed by atoms with E-state index in [0.29, 0.717) is 23.8 Å². The van der Waals surface area contributed by atoms with Crippen LogP contribution in [-0.2, 0) is 9.53 Å². The second-order valence-corrected chi connectivity index (χ2v) is 6.27. The lowest BCUT2D eigenvalue weighted by molar-refractivity contribution is -0.129. The van der Waals surface area contributed by atoms with Crippen LogP contribution in [0.4, 0.5) is 0 Å². The summed E-state index contributed by atoms with van der Waals surface area (Å²) < 4.78 is 10.8. The number of hydrogen-bond donors (Lipinski definition) is 1. The Morgan fingerprint density at radius 3 is 2.17 bits per heavy atom. The molecule has 0 bridgehead atoms. The summed E-state index contributed by atoms with van der Waals surface area (Å²) in [5, 5.41) is 2.70. The molecule has 1 unspecified atom stereocenters. The maximum absolute atomic E-state index is 12.0. The van der Waals surface area contributed by atoms with Crippen LogP contribution < -0.4 is 10.1 Å². The highest BCUT2D eigenvalue weighted by atomic mass is 16.5. The lowest BCUT2D eigenvalue weighted by atomic mass is 10.1. The minimum absolute atomic E-state index is 0.00548. The summed E-state index contributed by atoms with van der Waals surface area (Å²) in [5.74, 6) is 0.475. The maximum Gasteiger partial charge on any atom is 0.338 e. The molecular formula is C18H27NO4. The zero-order chi connectivity index (χ0) is 17.4. The van der Waals surface area contributed by atoms with Gasteiger partial charge in [0.05, 0.1) is 12.2 Å². The molecule has 0 radical (unpaired) electrons. The molecule has 1 N–H and O–H groups in total. The molecule has 128 valence electrons. The molecule has 0 aliphatic rings. The van der Waals surface area contributed by atoms with Gasteiger partial charge in [-0.25, -0.2) is 4.79 Å². The maximum atomic E-state index is 12.0. The minimum atomic E-state index is -0.827. The van der Waals surface area contributed by atoms with Crippen LogP contribution in [0.15, 0.2) is 24.3 Å². The fraction of sp³-hybridized carbons (Fsp3) is 0.556. The Kier molecular flexibility index (Phi) is 7.59. The van der Waals surface area contributed by atoms with Gasteiger partial charge in [0.1, 0.15) is 5.75 Å². The summed E-state index contributed by atoms with van der Waals surface area (Å²) in [7, 11) is 0. The van der Waals surface area contributed by atoms with Gasteiger partial charge in [0.2, 0.25) is 0 Å². The molecule has 5 nitrogen and oxygen atoms in total. The van der Waals surface area contributed by atoms with Crippen molar-refractivity contribution in [1.82, 2.24) is 5.32 Å². The number of carbonyl (C=O) groups is 2. The fourth-order valence-electron chi connectivity index (χ4n) is 1.78. The van der Waals surface area contributed by atoms with E-state index in [9.17, 15) is 9.59 Å². The smallest absolute Gasteiger partial charge is 0.338 e. The van der Waals surface area contributed by atoms with Gasteiger partial charge in [-0.05, 0) is 57.4 Å². The predicted octanol–water partition coefficient (Wildman–Crippen LogP) is 3.18. The summed E-state index contributed by atoms with van der Waals surface area (Å²) in [5.41, 5.74) is 0.394. The van der Waals surface area contributed by atoms with Crippen molar-refractivity contribution in [1.29, 1.82) is 0 Å². The number of esters is 1. The second-order valence-electron chi connectivity index (χ2n) is 6.27. The molecule has 1 atom stereocenters. The lowest BCUT2D eigenvalue weighted by Crippen LogP contribution is -2.39. The van der Waals surface area contributed by atoms with Crippen LogP contribution in [0.1, 0.15) is 51.4 Å². The van der Waals surface area contributed by atoms with E-state index in [2.05, 4.69) is 19.2 Å². The quantitative estimate of drug-likeness (QED) is 0.747. The zero-order valence-electron chi connectivity index (χ0n) is 14.6. The molecule has 0 aliphatic heterocycles. The van der Waals surface area contributed by atoms with E-state index in [0.717, 1.165) is 6.42 Å². The summed E-state index contributed by atoms with van der Waals surface area (Å²) in [6.07, 6.45) is 0.151. The lowest BCUT2D eigenvalue weighted by Gasteiger charge is -2.15. The highest BCUT2D eigenvalue weighted by molar-refractivity contribution is 5.92. The monoisotopic (exact) mass is 321 g/mol. The Morgan fingerprint density at radius 2 is 1.65 bits per heavy atom. The molecule has 1 amide bonds. The second kappa shape index (κ2) is 9.18. The summed E-state index contributed by atoms with van der Waals surface area (Å²) in [6, 6.07) is 6.75. The Bertz CT molecular complexity index is 508. The number of amides is 1. The van der Waals surface area contributed by atoms with Crippen molar-refractivity contribution in [2.24, 2.45) is 5.92 Å². The van der Waals surface area contributed by atoms with Crippen LogP contribution in [0, 0.1) is 5.92 Å². The third kappa shape index (κ3) is 7.17. The highest BCUT2D eigenvalue weighted by Crippen LogP contribution is 2.14. The largest absolute Gasteiger partial charge is 0.494 e. The van der Waals surface area contributed by atoms with Gasteiger partial charge in [0.15, 0.2) is 6.10 Å². The molecule has 0 aromatic heterocycles. The van der Waals surface area contributed by atoms with Crippen molar-refractivity contribution in [3.8, 4) is 5.75 Å². The van der Waals surface area contributed by atoms with E-state index < -0.39 is 12.1 Å². The number of ether oxygens (including phenoxy) is 2. The number of carbonyl (C=O) groups excluding carboxylic acids is 2. The summed E-state index contributed by atoms with van der Waals surface area (Å²) >= 11 is 0. The molecule has 0 aliphatic carbocycles. The van der Waals surface area contributed by atoms with E-state index >= 15 is 0 Å². The normalized spacial score (nSPS) is 12.1. The molecular weight excluding hydrogens is 294 g/mol. The van der Waals surface area contributed by atoms with Gasteiger partial charge in [-0.1, -0.05) is 13.8 Å². The Morgan fingerprint density at radius 1 is 1.04 bits per heavy atom. The molecule has 5 heteroatoms. The van der Waals surface area contributed by atoms with Gasteiger partial charge in [0.25, 0.3) is 5.91 Å². The van der Waals surface area contributed by atoms with Crippen LogP contribution in [0.3, 0.4) is 0 Å². The average molecular weight is 321 g/mol. The molecule has 0 heterocycles. The van der Waals surface area contributed by atoms with Gasteiger partial charge in [-0.2, -0.15) is 0 Å². The first-order chi connectivity index (χ1) is 10.8. The topological polar surface area (TPSA) is 64.6 Å². The molecule has 1 aromatic rings. The molecule has 0 fully saturated rings. The van der Waals surface area contributed by atoms with Gasteiger partial charge >= 0.3 is 5.97 Å². The van der Waals surface area contributed by atoms with Crippen LogP contribution in [0.25, 0.3) is 0 Å². The van der Waals surface area contributed by atoms with Crippen LogP contribution in [0.2, 0.25) is 0 Å². The van der Waals surface area contributed by atoms with Gasteiger partial charge in [-0.3, -0.25) is 4.79 Å². The Balaban J connectivity index is 2.52. The SMILES string of the molecule is CC(C)CCOc1ccc(C(=O)OC(C)C(=O)NC(C)C)cc1. The van der Waals surface area contributed by atoms with Crippen molar-refractivity contribution in [2.75, 3.05) is 6.61 Å². The summed E-state index contributed by atoms with van der Waals surface area (Å²) in [4.78, 5) is 23.8. The van der Waals surface area contributed by atoms with E-state index in [4.69, 9.17) is 9.47 Å². The van der Waals surface area contributed by atoms with Gasteiger partial charge < -0.3 is 14.8 Å². The third-order valence-corrected chi connectivity index (χ3v) is 3.14. The molecule has 0 saturated carbocycles. The summed E-state index contributed by atoms with van der Waals surface area (Å²) in [6.45, 7) is 10.2. The van der Waals surface area contributed by atoms with Gasteiger partial charge in [0, 0.05) is 6.04 Å². The first-order valence-electron chi connectivity index (χ1n) is 8.03. The van der Waals surface area contributed by atoms with Crippen molar-refractivity contribution >= 4 is 11.9 Å². The standard InChI is InChI=1S/C18H27NO4/c1-12(2)10-11-22-16-8-6-15(7-9-16)18(21)23-14(5)17(20)19-13(3)4/h6-9,12-14H,10-11H2,1-5H3,(H,19,20). The van der Waals surface area contributed by atoms with Crippen LogP contribution in [0.5, 0.6) is 5.75 Å². The van der Waals surface area contributed by atoms with Crippen LogP contribution >= 0.6 is 0 Å². The highest BCUT2D eigenvalue weighted by Gasteiger charge is 2.19. The van der Waals surface area contributed by atoms with Crippen molar-refractivity contribution in [2.45, 2.75) is 53.2 Å². The minimum Gasteiger partial charge on any atom is -0.494 e. The Labute approximate surface area is 138 Å². The molecule has 1 aromatic carbocycles. The van der Waals surface area contributed by atoms with Crippen molar-refractivity contribution in [3.63, 3.8) is 0 Å². The number of rotatable bonds is 8. The first kappa shape index (κ1) is 19.0. The molecule has 23 heavy (non-hydrogen) atoms. The fourth-order valence-corrected chi connectivity index (χ4v) is 1.78. The predicted molar refractivity (Wildman–Crippen MR) is 89.5 cm³/mol. The first-order valence-corrected chi connectivity index (χ1v) is 8.03. The van der Waals surface area contributed by atoms with Crippen LogP contribution in [-0.4, -0.2) is 30.6 Å². The average Bonchev–Trinajstić information content (AvgIpc) is 2.46. The molecule has 1 rings (SSSR count). The molecule has 0 saturated heterocycles. The van der Waals surface area contributed by atoms with Gasteiger partial charge in [-0.15, -0.1) is 0 Å². The van der Waals surface area contributed by atoms with E-state index in [1.165, 1.54) is 0 Å². The Hall–Kier alpha value is -2.04. The van der Waals surface area contributed by atoms with E-state index in [-0.39, 0.29) is 11.9 Å². The van der Waals surface area contributed by atoms with Crippen molar-refractivity contribution in [3.05, 3.63) is 29.8 Å².